The van der Waals surface area contributed by atoms with E-state index in [9.17, 15) is 5.11 Å². The molecule has 1 N–H and O–H groups in total. The zero-order valence-corrected chi connectivity index (χ0v) is 12.1. The molecule has 1 heterocycles. The first-order chi connectivity index (χ1) is 8.56. The van der Waals surface area contributed by atoms with Gasteiger partial charge in [-0.1, -0.05) is 18.5 Å². The standard InChI is InChI=1S/C13H17Cl2NO2/c1-3-8-6-10(16-12(15)11(8)18-2)13(17,7-14)9-4-5-9/h6,9,17H,3-5,7H2,1-2H3. The summed E-state index contributed by atoms with van der Waals surface area (Å²) in [5.41, 5.74) is 0.431. The number of aromatic nitrogens is 1. The Morgan fingerprint density at radius 3 is 2.67 bits per heavy atom. The lowest BCUT2D eigenvalue weighted by molar-refractivity contribution is 0.0323. The quantitative estimate of drug-likeness (QED) is 0.669. The summed E-state index contributed by atoms with van der Waals surface area (Å²) in [4.78, 5) is 4.26. The predicted molar refractivity (Wildman–Crippen MR) is 72.5 cm³/mol. The maximum Gasteiger partial charge on any atom is 0.171 e. The second-order valence-electron chi connectivity index (χ2n) is 4.68. The van der Waals surface area contributed by atoms with E-state index in [1.54, 1.807) is 7.11 Å². The van der Waals surface area contributed by atoms with Crippen molar-refractivity contribution in [2.45, 2.75) is 31.8 Å². The minimum Gasteiger partial charge on any atom is -0.493 e. The van der Waals surface area contributed by atoms with Gasteiger partial charge in [0.1, 0.15) is 5.60 Å². The topological polar surface area (TPSA) is 42.4 Å². The molecule has 0 radical (unpaired) electrons. The Balaban J connectivity index is 2.48. The van der Waals surface area contributed by atoms with Crippen LogP contribution in [0.1, 0.15) is 31.0 Å². The fourth-order valence-electron chi connectivity index (χ4n) is 2.20. The Kier molecular flexibility index (Phi) is 4.05. The summed E-state index contributed by atoms with van der Waals surface area (Å²) in [6.07, 6.45) is 2.73. The lowest BCUT2D eigenvalue weighted by Crippen LogP contribution is -2.32. The number of hydrogen-bond donors (Lipinski definition) is 1. The third-order valence-corrected chi connectivity index (χ3v) is 4.16. The first-order valence-corrected chi connectivity index (χ1v) is 7.00. The SMILES string of the molecule is CCc1cc(C(O)(CCl)C2CC2)nc(Cl)c1OC. The summed E-state index contributed by atoms with van der Waals surface area (Å²) in [6.45, 7) is 2.01. The number of alkyl halides is 1. The summed E-state index contributed by atoms with van der Waals surface area (Å²) < 4.78 is 5.24. The van der Waals surface area contributed by atoms with Gasteiger partial charge < -0.3 is 9.84 Å². The van der Waals surface area contributed by atoms with Crippen molar-refractivity contribution in [2.75, 3.05) is 13.0 Å². The van der Waals surface area contributed by atoms with Crippen molar-refractivity contribution in [3.05, 3.63) is 22.5 Å². The molecule has 0 spiro atoms. The second kappa shape index (κ2) is 5.24. The maximum absolute atomic E-state index is 10.6. The first kappa shape index (κ1) is 13.9. The van der Waals surface area contributed by atoms with E-state index in [0.29, 0.717) is 11.4 Å². The number of pyridine rings is 1. The van der Waals surface area contributed by atoms with Crippen LogP contribution in [0, 0.1) is 5.92 Å². The van der Waals surface area contributed by atoms with E-state index in [1.165, 1.54) is 0 Å². The minimum atomic E-state index is -1.07. The molecule has 1 unspecified atom stereocenters. The molecule has 0 bridgehead atoms. The monoisotopic (exact) mass is 289 g/mol. The van der Waals surface area contributed by atoms with Gasteiger partial charge in [0, 0.05) is 0 Å². The van der Waals surface area contributed by atoms with Gasteiger partial charge in [-0.15, -0.1) is 11.6 Å². The van der Waals surface area contributed by atoms with Gasteiger partial charge in [0.25, 0.3) is 0 Å². The molecule has 0 saturated heterocycles. The number of ether oxygens (including phenoxy) is 1. The van der Waals surface area contributed by atoms with Crippen LogP contribution in [-0.2, 0) is 12.0 Å². The third kappa shape index (κ3) is 2.31. The molecule has 1 aliphatic carbocycles. The smallest absolute Gasteiger partial charge is 0.171 e. The van der Waals surface area contributed by atoms with Gasteiger partial charge in [-0.25, -0.2) is 4.98 Å². The molecule has 0 aliphatic heterocycles. The van der Waals surface area contributed by atoms with E-state index >= 15 is 0 Å². The van der Waals surface area contributed by atoms with Crippen LogP contribution in [-0.4, -0.2) is 23.1 Å². The lowest BCUT2D eigenvalue weighted by Gasteiger charge is -2.26. The highest BCUT2D eigenvalue weighted by molar-refractivity contribution is 6.31. The van der Waals surface area contributed by atoms with Crippen LogP contribution in [0.3, 0.4) is 0 Å². The van der Waals surface area contributed by atoms with Crippen molar-refractivity contribution in [2.24, 2.45) is 5.92 Å². The summed E-state index contributed by atoms with van der Waals surface area (Å²) in [5, 5.41) is 10.9. The molecule has 1 fully saturated rings. The van der Waals surface area contributed by atoms with E-state index in [1.807, 2.05) is 13.0 Å². The second-order valence-corrected chi connectivity index (χ2v) is 5.30. The fraction of sp³-hybridized carbons (Fsp3) is 0.615. The Hall–Kier alpha value is -0.510. The average Bonchev–Trinajstić information content (AvgIpc) is 3.21. The zero-order valence-electron chi connectivity index (χ0n) is 10.5. The van der Waals surface area contributed by atoms with E-state index in [-0.39, 0.29) is 17.0 Å². The first-order valence-electron chi connectivity index (χ1n) is 6.09. The Morgan fingerprint density at radius 2 is 2.22 bits per heavy atom. The number of halogens is 2. The summed E-state index contributed by atoms with van der Waals surface area (Å²) in [7, 11) is 1.57. The van der Waals surface area contributed by atoms with Crippen LogP contribution in [0.25, 0.3) is 0 Å². The van der Waals surface area contributed by atoms with Crippen LogP contribution in [0.15, 0.2) is 6.07 Å². The molecule has 1 saturated carbocycles. The molecule has 3 nitrogen and oxygen atoms in total. The number of methoxy groups -OCH3 is 1. The predicted octanol–water partition coefficient (Wildman–Crippen LogP) is 3.14. The number of rotatable bonds is 5. The number of aliphatic hydroxyl groups is 1. The van der Waals surface area contributed by atoms with Crippen LogP contribution < -0.4 is 4.74 Å². The highest BCUT2D eigenvalue weighted by Crippen LogP contribution is 2.47. The Bertz CT molecular complexity index is 449. The lowest BCUT2D eigenvalue weighted by atomic mass is 9.94. The van der Waals surface area contributed by atoms with Crippen LogP contribution in [0.4, 0.5) is 0 Å². The summed E-state index contributed by atoms with van der Waals surface area (Å²) in [6, 6.07) is 1.85. The largest absolute Gasteiger partial charge is 0.493 e. The average molecular weight is 290 g/mol. The number of nitrogens with zero attached hydrogens (tertiary/aromatic N) is 1. The van der Waals surface area contributed by atoms with Crippen molar-refractivity contribution < 1.29 is 9.84 Å². The highest BCUT2D eigenvalue weighted by Gasteiger charge is 2.46. The molecular weight excluding hydrogens is 273 g/mol. The van der Waals surface area contributed by atoms with Crippen LogP contribution in [0.2, 0.25) is 5.15 Å². The highest BCUT2D eigenvalue weighted by atomic mass is 35.5. The number of hydrogen-bond acceptors (Lipinski definition) is 3. The van der Waals surface area contributed by atoms with Crippen LogP contribution >= 0.6 is 23.2 Å². The van der Waals surface area contributed by atoms with Gasteiger partial charge in [0.05, 0.1) is 18.7 Å². The van der Waals surface area contributed by atoms with Crippen LogP contribution in [0.5, 0.6) is 5.75 Å². The molecule has 18 heavy (non-hydrogen) atoms. The summed E-state index contributed by atoms with van der Waals surface area (Å²) in [5.74, 6) is 0.906. The summed E-state index contributed by atoms with van der Waals surface area (Å²) >= 11 is 12.0. The molecule has 1 aromatic rings. The van der Waals surface area contributed by atoms with Gasteiger partial charge in [0.15, 0.2) is 10.9 Å². The van der Waals surface area contributed by atoms with Crippen molar-refractivity contribution in [1.82, 2.24) is 4.98 Å². The van der Waals surface area contributed by atoms with Crippen molar-refractivity contribution in [3.8, 4) is 5.75 Å². The van der Waals surface area contributed by atoms with Gasteiger partial charge >= 0.3 is 0 Å². The Labute approximate surface area is 117 Å². The third-order valence-electron chi connectivity index (χ3n) is 3.49. The normalized spacial score (nSPS) is 18.5. The number of aryl methyl sites for hydroxylation is 1. The van der Waals surface area contributed by atoms with Crippen molar-refractivity contribution >= 4 is 23.2 Å². The van der Waals surface area contributed by atoms with E-state index in [2.05, 4.69) is 4.98 Å². The Morgan fingerprint density at radius 1 is 1.56 bits per heavy atom. The molecule has 1 aromatic heterocycles. The van der Waals surface area contributed by atoms with Gasteiger partial charge in [-0.2, -0.15) is 0 Å². The zero-order chi connectivity index (χ0) is 13.3. The van der Waals surface area contributed by atoms with Crippen molar-refractivity contribution in [3.63, 3.8) is 0 Å². The minimum absolute atomic E-state index is 0.135. The molecule has 0 amide bonds. The fourth-order valence-corrected chi connectivity index (χ4v) is 2.84. The molecule has 100 valence electrons. The molecule has 5 heteroatoms. The van der Waals surface area contributed by atoms with E-state index < -0.39 is 5.60 Å². The molecule has 0 aromatic carbocycles. The van der Waals surface area contributed by atoms with Gasteiger partial charge in [-0.3, -0.25) is 0 Å². The van der Waals surface area contributed by atoms with Crippen molar-refractivity contribution in [1.29, 1.82) is 0 Å². The maximum atomic E-state index is 10.6. The molecule has 1 atom stereocenters. The van der Waals surface area contributed by atoms with E-state index in [0.717, 1.165) is 24.8 Å². The van der Waals surface area contributed by atoms with E-state index in [4.69, 9.17) is 27.9 Å². The van der Waals surface area contributed by atoms with Gasteiger partial charge in [0.2, 0.25) is 0 Å². The van der Waals surface area contributed by atoms with Gasteiger partial charge in [-0.05, 0) is 36.8 Å². The molecule has 2 rings (SSSR count). The molecule has 1 aliphatic rings. The molecular formula is C13H17Cl2NO2.